The minimum absolute atomic E-state index is 0.229. The van der Waals surface area contributed by atoms with Gasteiger partial charge in [-0.05, 0) is 49.7 Å². The maximum Gasteiger partial charge on any atom is 0.328 e. The lowest BCUT2D eigenvalue weighted by atomic mass is 10.2. The molecule has 0 saturated carbocycles. The van der Waals surface area contributed by atoms with E-state index in [4.69, 9.17) is 39.5 Å². The van der Waals surface area contributed by atoms with E-state index < -0.39 is 23.8 Å². The molecule has 0 aliphatic heterocycles. The maximum absolute atomic E-state index is 12.0. The quantitative estimate of drug-likeness (QED) is 0.497. The third-order valence-corrected chi connectivity index (χ3v) is 4.53. The SMILES string of the molecule is Cc1c(Cl)cccc1NC(=O)C(=O)NNC(=O)[C@H](C)Oc1ccc(Cl)cc1Cl. The van der Waals surface area contributed by atoms with Crippen molar-refractivity contribution in [3.05, 3.63) is 57.0 Å². The molecule has 1 atom stereocenters. The van der Waals surface area contributed by atoms with E-state index in [0.29, 0.717) is 21.3 Å². The van der Waals surface area contributed by atoms with E-state index in [0.717, 1.165) is 0 Å². The highest BCUT2D eigenvalue weighted by molar-refractivity contribution is 6.40. The van der Waals surface area contributed by atoms with Gasteiger partial charge in [0.05, 0.1) is 5.02 Å². The van der Waals surface area contributed by atoms with Gasteiger partial charge >= 0.3 is 11.8 Å². The fourth-order valence-corrected chi connectivity index (χ4v) is 2.64. The predicted molar refractivity (Wildman–Crippen MR) is 108 cm³/mol. The number of hydrogen-bond acceptors (Lipinski definition) is 4. The fraction of sp³-hybridized carbons (Fsp3) is 0.167. The molecular formula is C18H16Cl3N3O4. The minimum atomic E-state index is -1.07. The summed E-state index contributed by atoms with van der Waals surface area (Å²) in [5.41, 5.74) is 5.11. The molecular weight excluding hydrogens is 429 g/mol. The molecule has 0 unspecified atom stereocenters. The van der Waals surface area contributed by atoms with E-state index in [1.165, 1.54) is 19.1 Å². The number of halogens is 3. The molecule has 7 nitrogen and oxygen atoms in total. The first kappa shape index (κ1) is 21.8. The number of amides is 3. The molecule has 10 heteroatoms. The first-order chi connectivity index (χ1) is 13.2. The van der Waals surface area contributed by atoms with Crippen LogP contribution in [0.5, 0.6) is 5.75 Å². The summed E-state index contributed by atoms with van der Waals surface area (Å²) in [6, 6.07) is 9.40. The zero-order valence-electron chi connectivity index (χ0n) is 14.8. The number of hydrazine groups is 1. The highest BCUT2D eigenvalue weighted by atomic mass is 35.5. The summed E-state index contributed by atoms with van der Waals surface area (Å²) >= 11 is 17.7. The molecule has 2 aromatic carbocycles. The van der Waals surface area contributed by atoms with Crippen molar-refractivity contribution in [3.8, 4) is 5.75 Å². The van der Waals surface area contributed by atoms with Gasteiger partial charge in [0.25, 0.3) is 5.91 Å². The smallest absolute Gasteiger partial charge is 0.328 e. The lowest BCUT2D eigenvalue weighted by Gasteiger charge is -2.16. The van der Waals surface area contributed by atoms with Crippen molar-refractivity contribution in [3.63, 3.8) is 0 Å². The average Bonchev–Trinajstić information content (AvgIpc) is 2.65. The van der Waals surface area contributed by atoms with Gasteiger partial charge < -0.3 is 10.1 Å². The Labute approximate surface area is 176 Å². The van der Waals surface area contributed by atoms with Crippen molar-refractivity contribution in [1.82, 2.24) is 10.9 Å². The maximum atomic E-state index is 12.0. The Kier molecular flexibility index (Phi) is 7.51. The van der Waals surface area contributed by atoms with E-state index in [1.54, 1.807) is 31.2 Å². The van der Waals surface area contributed by atoms with Crippen molar-refractivity contribution < 1.29 is 19.1 Å². The Bertz CT molecular complexity index is 921. The molecule has 0 bridgehead atoms. The summed E-state index contributed by atoms with van der Waals surface area (Å²) in [5, 5.41) is 3.50. The van der Waals surface area contributed by atoms with Gasteiger partial charge in [-0.2, -0.15) is 0 Å². The lowest BCUT2D eigenvalue weighted by Crippen LogP contribution is -2.50. The van der Waals surface area contributed by atoms with E-state index in [9.17, 15) is 14.4 Å². The van der Waals surface area contributed by atoms with Crippen LogP contribution in [0.15, 0.2) is 36.4 Å². The fourth-order valence-electron chi connectivity index (χ4n) is 2.01. The Balaban J connectivity index is 1.87. The molecule has 148 valence electrons. The number of hydrogen-bond donors (Lipinski definition) is 3. The van der Waals surface area contributed by atoms with E-state index in [1.807, 2.05) is 5.43 Å². The topological polar surface area (TPSA) is 96.5 Å². The number of ether oxygens (including phenoxy) is 1. The molecule has 0 fully saturated rings. The zero-order chi connectivity index (χ0) is 20.8. The van der Waals surface area contributed by atoms with Crippen LogP contribution in [0.25, 0.3) is 0 Å². The van der Waals surface area contributed by atoms with Gasteiger partial charge in [0, 0.05) is 15.7 Å². The number of nitrogens with one attached hydrogen (secondary N) is 3. The average molecular weight is 445 g/mol. The van der Waals surface area contributed by atoms with Gasteiger partial charge in [-0.15, -0.1) is 0 Å². The number of rotatable bonds is 4. The third-order valence-electron chi connectivity index (χ3n) is 3.59. The van der Waals surface area contributed by atoms with Crippen LogP contribution in [0.1, 0.15) is 12.5 Å². The summed E-state index contributed by atoms with van der Waals surface area (Å²) in [5.74, 6) is -2.48. The van der Waals surface area contributed by atoms with Crippen LogP contribution in [-0.4, -0.2) is 23.8 Å². The molecule has 3 amide bonds. The van der Waals surface area contributed by atoms with Crippen LogP contribution in [0.2, 0.25) is 15.1 Å². The molecule has 2 aromatic rings. The molecule has 0 aromatic heterocycles. The predicted octanol–water partition coefficient (Wildman–Crippen LogP) is 3.51. The van der Waals surface area contributed by atoms with Crippen molar-refractivity contribution in [2.24, 2.45) is 0 Å². The normalized spacial score (nSPS) is 11.3. The Hall–Kier alpha value is -2.48. The first-order valence-corrected chi connectivity index (χ1v) is 9.10. The molecule has 0 aliphatic carbocycles. The molecule has 28 heavy (non-hydrogen) atoms. The molecule has 3 N–H and O–H groups in total. The molecule has 0 saturated heterocycles. The second-order valence-electron chi connectivity index (χ2n) is 5.64. The molecule has 0 heterocycles. The van der Waals surface area contributed by atoms with Gasteiger partial charge in [0.15, 0.2) is 6.10 Å². The Morgan fingerprint density at radius 3 is 2.36 bits per heavy atom. The van der Waals surface area contributed by atoms with Crippen LogP contribution in [0.3, 0.4) is 0 Å². The zero-order valence-corrected chi connectivity index (χ0v) is 17.1. The second-order valence-corrected chi connectivity index (χ2v) is 6.90. The van der Waals surface area contributed by atoms with E-state index in [-0.39, 0.29) is 10.8 Å². The van der Waals surface area contributed by atoms with Crippen LogP contribution in [0.4, 0.5) is 5.69 Å². The minimum Gasteiger partial charge on any atom is -0.479 e. The summed E-state index contributed by atoms with van der Waals surface area (Å²) < 4.78 is 5.41. The molecule has 0 spiro atoms. The van der Waals surface area contributed by atoms with Gasteiger partial charge in [0.1, 0.15) is 5.75 Å². The van der Waals surface area contributed by atoms with Gasteiger partial charge in [-0.25, -0.2) is 0 Å². The van der Waals surface area contributed by atoms with Crippen molar-refractivity contribution >= 4 is 58.2 Å². The van der Waals surface area contributed by atoms with Crippen LogP contribution in [0, 0.1) is 6.92 Å². The van der Waals surface area contributed by atoms with Gasteiger partial charge in [-0.1, -0.05) is 40.9 Å². The van der Waals surface area contributed by atoms with E-state index in [2.05, 4.69) is 10.7 Å². The highest BCUT2D eigenvalue weighted by Gasteiger charge is 2.20. The highest BCUT2D eigenvalue weighted by Crippen LogP contribution is 2.28. The van der Waals surface area contributed by atoms with Crippen LogP contribution in [-0.2, 0) is 14.4 Å². The van der Waals surface area contributed by atoms with E-state index >= 15 is 0 Å². The second kappa shape index (κ2) is 9.64. The largest absolute Gasteiger partial charge is 0.479 e. The third kappa shape index (κ3) is 5.76. The van der Waals surface area contributed by atoms with Gasteiger partial charge in [-0.3, -0.25) is 25.2 Å². The Morgan fingerprint density at radius 1 is 0.964 bits per heavy atom. The lowest BCUT2D eigenvalue weighted by molar-refractivity contribution is -0.139. The number of carbonyl (C=O) groups is 3. The van der Waals surface area contributed by atoms with Gasteiger partial charge in [0.2, 0.25) is 0 Å². The van der Waals surface area contributed by atoms with Crippen molar-refractivity contribution in [2.75, 3.05) is 5.32 Å². The monoisotopic (exact) mass is 443 g/mol. The van der Waals surface area contributed by atoms with Crippen molar-refractivity contribution in [1.29, 1.82) is 0 Å². The summed E-state index contributed by atoms with van der Waals surface area (Å²) in [6.07, 6.45) is -1.00. The van der Waals surface area contributed by atoms with Crippen molar-refractivity contribution in [2.45, 2.75) is 20.0 Å². The molecule has 2 rings (SSSR count). The number of anilines is 1. The number of carbonyl (C=O) groups excluding carboxylic acids is 3. The Morgan fingerprint density at radius 2 is 1.68 bits per heavy atom. The summed E-state index contributed by atoms with van der Waals surface area (Å²) in [6.45, 7) is 3.14. The summed E-state index contributed by atoms with van der Waals surface area (Å²) in [4.78, 5) is 35.9. The molecule has 0 radical (unpaired) electrons. The summed E-state index contributed by atoms with van der Waals surface area (Å²) in [7, 11) is 0. The standard InChI is InChI=1S/C18H16Cl3N3O4/c1-9-12(20)4-3-5-14(9)22-17(26)18(27)24-23-16(25)10(2)28-15-7-6-11(19)8-13(15)21/h3-8,10H,1-2H3,(H,22,26)(H,23,25)(H,24,27)/t10-/m0/s1. The first-order valence-electron chi connectivity index (χ1n) is 7.97. The number of benzene rings is 2. The molecule has 0 aliphatic rings. The van der Waals surface area contributed by atoms with Crippen LogP contribution >= 0.6 is 34.8 Å². The van der Waals surface area contributed by atoms with Crippen LogP contribution < -0.4 is 20.9 Å².